The molecule has 0 saturated heterocycles. The normalized spacial score (nSPS) is 10.5. The van der Waals surface area contributed by atoms with Crippen molar-refractivity contribution in [2.24, 2.45) is 0 Å². The summed E-state index contributed by atoms with van der Waals surface area (Å²) in [5.41, 5.74) is 2.56. The average Bonchev–Trinajstić information content (AvgIpc) is 2.99. The van der Waals surface area contributed by atoms with Gasteiger partial charge in [0.1, 0.15) is 17.2 Å². The van der Waals surface area contributed by atoms with Crippen molar-refractivity contribution in [2.45, 2.75) is 58.3 Å². The fourth-order valence-corrected chi connectivity index (χ4v) is 4.01. The number of benzene rings is 3. The van der Waals surface area contributed by atoms with Gasteiger partial charge in [-0.3, -0.25) is 0 Å². The summed E-state index contributed by atoms with van der Waals surface area (Å²) in [6, 6.07) is 22.5. The molecule has 6 nitrogen and oxygen atoms in total. The van der Waals surface area contributed by atoms with Crippen LogP contribution in [0.4, 0.5) is 0 Å². The fourth-order valence-electron chi connectivity index (χ4n) is 4.01. The maximum absolute atomic E-state index is 12.6. The van der Waals surface area contributed by atoms with E-state index in [1.54, 1.807) is 36.4 Å². The number of carbonyl (C=O) groups excluding carboxylic acids is 2. The van der Waals surface area contributed by atoms with E-state index in [1.165, 1.54) is 25.3 Å². The van der Waals surface area contributed by atoms with Gasteiger partial charge >= 0.3 is 11.9 Å². The zero-order valence-electron chi connectivity index (χ0n) is 23.4. The van der Waals surface area contributed by atoms with E-state index in [0.717, 1.165) is 55.6 Å². The van der Waals surface area contributed by atoms with Crippen molar-refractivity contribution in [3.05, 3.63) is 91.0 Å². The number of esters is 2. The standard InChI is InChI=1S/C34H40O6/c1-3-5-6-9-24-37-30-18-12-27(13-19-30)28-14-22-32(23-15-28)40-34(36)29-16-20-31(21-17-29)38-25-10-7-8-11-26-39-33(35)4-2/h4,12-23H,2-3,5-11,24-26H2,1H3. The Bertz CT molecular complexity index is 1170. The van der Waals surface area contributed by atoms with Crippen molar-refractivity contribution in [3.8, 4) is 28.4 Å². The summed E-state index contributed by atoms with van der Waals surface area (Å²) >= 11 is 0. The molecule has 3 aromatic rings. The van der Waals surface area contributed by atoms with Crippen molar-refractivity contribution in [2.75, 3.05) is 19.8 Å². The molecule has 0 aromatic heterocycles. The fraction of sp³-hybridized carbons (Fsp3) is 0.353. The summed E-state index contributed by atoms with van der Waals surface area (Å²) < 4.78 is 22.1. The summed E-state index contributed by atoms with van der Waals surface area (Å²) in [6.45, 7) is 7.31. The van der Waals surface area contributed by atoms with Gasteiger partial charge in [0.2, 0.25) is 0 Å². The second kappa shape index (κ2) is 17.5. The SMILES string of the molecule is C=CC(=O)OCCCCCCOc1ccc(C(=O)Oc2ccc(-c3ccc(OCCCCCC)cc3)cc2)cc1. The van der Waals surface area contributed by atoms with Crippen molar-refractivity contribution in [1.82, 2.24) is 0 Å². The molecule has 0 saturated carbocycles. The molecule has 0 bridgehead atoms. The molecule has 0 aliphatic rings. The van der Waals surface area contributed by atoms with Gasteiger partial charge in [-0.2, -0.15) is 0 Å². The number of unbranched alkanes of at least 4 members (excludes halogenated alkanes) is 6. The Morgan fingerprint density at radius 3 is 1.62 bits per heavy atom. The van der Waals surface area contributed by atoms with E-state index in [-0.39, 0.29) is 5.97 Å². The molecule has 0 N–H and O–H groups in total. The first-order valence-electron chi connectivity index (χ1n) is 14.2. The molecule has 0 heterocycles. The lowest BCUT2D eigenvalue weighted by molar-refractivity contribution is -0.137. The van der Waals surface area contributed by atoms with Crippen LogP contribution in [0.3, 0.4) is 0 Å². The zero-order valence-corrected chi connectivity index (χ0v) is 23.4. The minimum absolute atomic E-state index is 0.385. The first-order valence-corrected chi connectivity index (χ1v) is 14.2. The van der Waals surface area contributed by atoms with E-state index in [0.29, 0.717) is 30.3 Å². The predicted octanol–water partition coefficient (Wildman–Crippen LogP) is 8.20. The summed E-state index contributed by atoms with van der Waals surface area (Å²) in [4.78, 5) is 23.6. The van der Waals surface area contributed by atoms with Gasteiger partial charge < -0.3 is 18.9 Å². The number of hydrogen-bond donors (Lipinski definition) is 0. The Kier molecular flexibility index (Phi) is 13.3. The van der Waals surface area contributed by atoms with Gasteiger partial charge in [0.25, 0.3) is 0 Å². The highest BCUT2D eigenvalue weighted by Gasteiger charge is 2.09. The van der Waals surface area contributed by atoms with Crippen molar-refractivity contribution in [3.63, 3.8) is 0 Å². The Morgan fingerprint density at radius 2 is 1.10 bits per heavy atom. The van der Waals surface area contributed by atoms with E-state index in [4.69, 9.17) is 18.9 Å². The van der Waals surface area contributed by atoms with Crippen LogP contribution in [0.25, 0.3) is 11.1 Å². The van der Waals surface area contributed by atoms with Crippen LogP contribution in [0.1, 0.15) is 68.6 Å². The second-order valence-corrected chi connectivity index (χ2v) is 9.51. The maximum Gasteiger partial charge on any atom is 0.343 e. The molecular formula is C34H40O6. The number of rotatable bonds is 18. The zero-order chi connectivity index (χ0) is 28.4. The molecule has 6 heteroatoms. The van der Waals surface area contributed by atoms with Gasteiger partial charge in [0, 0.05) is 6.08 Å². The molecule has 0 radical (unpaired) electrons. The van der Waals surface area contributed by atoms with Gasteiger partial charge in [0.15, 0.2) is 0 Å². The molecular weight excluding hydrogens is 504 g/mol. The van der Waals surface area contributed by atoms with Gasteiger partial charge in [-0.1, -0.05) is 57.0 Å². The van der Waals surface area contributed by atoms with Crippen LogP contribution in [-0.2, 0) is 9.53 Å². The summed E-state index contributed by atoms with van der Waals surface area (Å²) in [5.74, 6) is 1.26. The largest absolute Gasteiger partial charge is 0.494 e. The topological polar surface area (TPSA) is 71.1 Å². The van der Waals surface area contributed by atoms with Gasteiger partial charge in [0.05, 0.1) is 25.4 Å². The molecule has 0 amide bonds. The molecule has 0 aliphatic carbocycles. The predicted molar refractivity (Wildman–Crippen MR) is 158 cm³/mol. The Hall–Kier alpha value is -4.06. The lowest BCUT2D eigenvalue weighted by atomic mass is 10.1. The molecule has 0 atom stereocenters. The van der Waals surface area contributed by atoms with E-state index < -0.39 is 5.97 Å². The third-order valence-electron chi connectivity index (χ3n) is 6.33. The van der Waals surface area contributed by atoms with Crippen LogP contribution in [0, 0.1) is 0 Å². The van der Waals surface area contributed by atoms with Crippen molar-refractivity contribution in [1.29, 1.82) is 0 Å². The van der Waals surface area contributed by atoms with E-state index >= 15 is 0 Å². The Labute approximate surface area is 237 Å². The molecule has 0 aliphatic heterocycles. The average molecular weight is 545 g/mol. The molecule has 0 unspecified atom stereocenters. The minimum atomic E-state index is -0.420. The van der Waals surface area contributed by atoms with Gasteiger partial charge in [-0.05, 0) is 91.8 Å². The van der Waals surface area contributed by atoms with E-state index in [9.17, 15) is 9.59 Å². The van der Waals surface area contributed by atoms with Crippen LogP contribution >= 0.6 is 0 Å². The van der Waals surface area contributed by atoms with E-state index in [1.807, 2.05) is 36.4 Å². The lowest BCUT2D eigenvalue weighted by Crippen LogP contribution is -2.08. The molecule has 3 rings (SSSR count). The first-order chi connectivity index (χ1) is 19.6. The highest BCUT2D eigenvalue weighted by atomic mass is 16.5. The molecule has 212 valence electrons. The van der Waals surface area contributed by atoms with Crippen molar-refractivity contribution >= 4 is 11.9 Å². The van der Waals surface area contributed by atoms with Gasteiger partial charge in [-0.15, -0.1) is 0 Å². The smallest absolute Gasteiger partial charge is 0.343 e. The quantitative estimate of drug-likeness (QED) is 0.0696. The Balaban J connectivity index is 1.37. The third kappa shape index (κ3) is 11.0. The second-order valence-electron chi connectivity index (χ2n) is 9.51. The van der Waals surface area contributed by atoms with Crippen LogP contribution in [-0.4, -0.2) is 31.8 Å². The number of carbonyl (C=O) groups is 2. The highest BCUT2D eigenvalue weighted by Crippen LogP contribution is 2.25. The molecule has 0 fully saturated rings. The summed E-state index contributed by atoms with van der Waals surface area (Å²) in [7, 11) is 0. The van der Waals surface area contributed by atoms with Crippen molar-refractivity contribution < 1.29 is 28.5 Å². The summed E-state index contributed by atoms with van der Waals surface area (Å²) in [6.07, 6.45) is 9.57. The maximum atomic E-state index is 12.6. The van der Waals surface area contributed by atoms with Crippen LogP contribution in [0.15, 0.2) is 85.5 Å². The number of ether oxygens (including phenoxy) is 4. The number of hydrogen-bond acceptors (Lipinski definition) is 6. The first kappa shape index (κ1) is 30.5. The summed E-state index contributed by atoms with van der Waals surface area (Å²) in [5, 5.41) is 0. The highest BCUT2D eigenvalue weighted by molar-refractivity contribution is 5.91. The van der Waals surface area contributed by atoms with Crippen LogP contribution < -0.4 is 14.2 Å². The Morgan fingerprint density at radius 1 is 0.625 bits per heavy atom. The third-order valence-corrected chi connectivity index (χ3v) is 6.33. The molecule has 40 heavy (non-hydrogen) atoms. The minimum Gasteiger partial charge on any atom is -0.494 e. The molecule has 3 aromatic carbocycles. The lowest BCUT2D eigenvalue weighted by Gasteiger charge is -2.09. The van der Waals surface area contributed by atoms with Gasteiger partial charge in [-0.25, -0.2) is 9.59 Å². The van der Waals surface area contributed by atoms with Crippen LogP contribution in [0.5, 0.6) is 17.2 Å². The van der Waals surface area contributed by atoms with E-state index in [2.05, 4.69) is 13.5 Å². The van der Waals surface area contributed by atoms with Crippen LogP contribution in [0.2, 0.25) is 0 Å². The monoisotopic (exact) mass is 544 g/mol. The molecule has 0 spiro atoms.